The van der Waals surface area contributed by atoms with Gasteiger partial charge in [-0.1, -0.05) is 34.1 Å². The number of ether oxygens (including phenoxy) is 2. The summed E-state index contributed by atoms with van der Waals surface area (Å²) in [6.45, 7) is -0.342. The largest absolute Gasteiger partial charge is 0.493 e. The van der Waals surface area contributed by atoms with E-state index >= 15 is 0 Å². The number of para-hydroxylation sites is 1. The van der Waals surface area contributed by atoms with Gasteiger partial charge in [0.25, 0.3) is 5.91 Å². The van der Waals surface area contributed by atoms with Crippen LogP contribution < -0.4 is 10.1 Å². The summed E-state index contributed by atoms with van der Waals surface area (Å²) in [5, 5.41) is 2.33. The van der Waals surface area contributed by atoms with E-state index in [0.717, 1.165) is 0 Å². The number of anilines is 1. The van der Waals surface area contributed by atoms with Crippen LogP contribution >= 0.6 is 15.9 Å². The monoisotopic (exact) mass is 395 g/mol. The number of amides is 1. The molecule has 5 nitrogen and oxygen atoms in total. The first-order chi connectivity index (χ1) is 11.5. The van der Waals surface area contributed by atoms with Crippen LogP contribution in [0, 0.1) is 5.82 Å². The van der Waals surface area contributed by atoms with E-state index in [2.05, 4.69) is 21.2 Å². The van der Waals surface area contributed by atoms with Crippen molar-refractivity contribution in [1.82, 2.24) is 0 Å². The molecule has 126 valence electrons. The molecular formula is C17H15BrFNO4. The molecule has 0 unspecified atom stereocenters. The van der Waals surface area contributed by atoms with Gasteiger partial charge in [-0.2, -0.15) is 0 Å². The highest BCUT2D eigenvalue weighted by Gasteiger charge is 2.10. The van der Waals surface area contributed by atoms with E-state index < -0.39 is 24.3 Å². The molecule has 0 radical (unpaired) electrons. The van der Waals surface area contributed by atoms with Gasteiger partial charge in [-0.05, 0) is 30.3 Å². The standard InChI is InChI=1S/C17H15BrFNO4/c18-12-6-7-15(14(19)10-12)20-16(21)11-24-17(22)8-9-23-13-4-2-1-3-5-13/h1-7,10H,8-9,11H2,(H,20,21). The summed E-state index contributed by atoms with van der Waals surface area (Å²) in [6.07, 6.45) is 0.00875. The lowest BCUT2D eigenvalue weighted by molar-refractivity contribution is -0.147. The third kappa shape index (κ3) is 6.00. The average molecular weight is 396 g/mol. The lowest BCUT2D eigenvalue weighted by Gasteiger charge is -2.08. The van der Waals surface area contributed by atoms with E-state index in [9.17, 15) is 14.0 Å². The molecule has 0 atom stereocenters. The maximum absolute atomic E-state index is 13.6. The predicted octanol–water partition coefficient (Wildman–Crippen LogP) is 3.54. The molecule has 0 heterocycles. The highest BCUT2D eigenvalue weighted by atomic mass is 79.9. The van der Waals surface area contributed by atoms with Crippen molar-refractivity contribution < 1.29 is 23.5 Å². The Labute approximate surface area is 146 Å². The lowest BCUT2D eigenvalue weighted by atomic mass is 10.3. The molecule has 0 bridgehead atoms. The molecule has 0 aromatic heterocycles. The Balaban J connectivity index is 1.68. The maximum Gasteiger partial charge on any atom is 0.309 e. The van der Waals surface area contributed by atoms with Gasteiger partial charge >= 0.3 is 5.97 Å². The number of hydrogen-bond donors (Lipinski definition) is 1. The van der Waals surface area contributed by atoms with E-state index in [4.69, 9.17) is 9.47 Å². The van der Waals surface area contributed by atoms with Gasteiger partial charge in [0.15, 0.2) is 6.61 Å². The van der Waals surface area contributed by atoms with E-state index in [1.165, 1.54) is 12.1 Å². The van der Waals surface area contributed by atoms with Gasteiger partial charge in [0.05, 0.1) is 18.7 Å². The SMILES string of the molecule is O=C(COC(=O)CCOc1ccccc1)Nc1ccc(Br)cc1F. The van der Waals surface area contributed by atoms with Gasteiger partial charge in [-0.25, -0.2) is 4.39 Å². The Morgan fingerprint density at radius 1 is 1.12 bits per heavy atom. The molecule has 1 amide bonds. The van der Waals surface area contributed by atoms with Crippen molar-refractivity contribution in [1.29, 1.82) is 0 Å². The van der Waals surface area contributed by atoms with Crippen molar-refractivity contribution in [3.8, 4) is 5.75 Å². The van der Waals surface area contributed by atoms with Crippen LogP contribution in [-0.2, 0) is 14.3 Å². The molecule has 0 aliphatic heterocycles. The zero-order valence-electron chi connectivity index (χ0n) is 12.6. The van der Waals surface area contributed by atoms with Crippen molar-refractivity contribution in [2.45, 2.75) is 6.42 Å². The van der Waals surface area contributed by atoms with Crippen molar-refractivity contribution in [2.24, 2.45) is 0 Å². The van der Waals surface area contributed by atoms with Crippen LogP contribution in [0.25, 0.3) is 0 Å². The number of rotatable bonds is 7. The molecule has 0 aliphatic rings. The van der Waals surface area contributed by atoms with Crippen LogP contribution in [0.5, 0.6) is 5.75 Å². The zero-order chi connectivity index (χ0) is 17.4. The Hall–Kier alpha value is -2.41. The molecule has 24 heavy (non-hydrogen) atoms. The minimum Gasteiger partial charge on any atom is -0.493 e. The van der Waals surface area contributed by atoms with Gasteiger partial charge in [0.1, 0.15) is 11.6 Å². The van der Waals surface area contributed by atoms with E-state index in [1.807, 2.05) is 18.2 Å². The number of nitrogens with one attached hydrogen (secondary N) is 1. The summed E-state index contributed by atoms with van der Waals surface area (Å²) in [4.78, 5) is 23.2. The highest BCUT2D eigenvalue weighted by molar-refractivity contribution is 9.10. The van der Waals surface area contributed by atoms with Crippen LogP contribution in [-0.4, -0.2) is 25.1 Å². The summed E-state index contributed by atoms with van der Waals surface area (Å²) in [7, 11) is 0. The summed E-state index contributed by atoms with van der Waals surface area (Å²) < 4.78 is 24.3. The zero-order valence-corrected chi connectivity index (χ0v) is 14.2. The first-order valence-electron chi connectivity index (χ1n) is 7.13. The average Bonchev–Trinajstić information content (AvgIpc) is 2.56. The minimum absolute atomic E-state index is 0.00875. The van der Waals surface area contributed by atoms with Gasteiger partial charge in [-0.15, -0.1) is 0 Å². The van der Waals surface area contributed by atoms with Crippen LogP contribution in [0.3, 0.4) is 0 Å². The second kappa shape index (κ2) is 9.02. The molecule has 0 aliphatic carbocycles. The lowest BCUT2D eigenvalue weighted by Crippen LogP contribution is -2.22. The fraction of sp³-hybridized carbons (Fsp3) is 0.176. The van der Waals surface area contributed by atoms with Crippen molar-refractivity contribution in [3.05, 3.63) is 58.8 Å². The molecule has 0 fully saturated rings. The Kier molecular flexibility index (Phi) is 6.74. The summed E-state index contributed by atoms with van der Waals surface area (Å²) >= 11 is 3.12. The fourth-order valence-electron chi connectivity index (χ4n) is 1.76. The molecule has 7 heteroatoms. The second-order valence-corrected chi connectivity index (χ2v) is 5.66. The Morgan fingerprint density at radius 2 is 1.88 bits per heavy atom. The topological polar surface area (TPSA) is 64.6 Å². The summed E-state index contributed by atoms with van der Waals surface area (Å²) in [5.41, 5.74) is 0.0201. The van der Waals surface area contributed by atoms with E-state index in [-0.39, 0.29) is 18.7 Å². The van der Waals surface area contributed by atoms with Crippen LogP contribution in [0.4, 0.5) is 10.1 Å². The van der Waals surface area contributed by atoms with Crippen molar-refractivity contribution >= 4 is 33.5 Å². The number of halogens is 2. The highest BCUT2D eigenvalue weighted by Crippen LogP contribution is 2.19. The second-order valence-electron chi connectivity index (χ2n) is 4.74. The number of hydrogen-bond acceptors (Lipinski definition) is 4. The molecule has 2 rings (SSSR count). The third-order valence-electron chi connectivity index (χ3n) is 2.89. The van der Waals surface area contributed by atoms with Gasteiger partial charge in [0, 0.05) is 4.47 Å². The Bertz CT molecular complexity index is 709. The number of benzene rings is 2. The molecular weight excluding hydrogens is 381 g/mol. The van der Waals surface area contributed by atoms with Gasteiger partial charge in [-0.3, -0.25) is 9.59 Å². The molecule has 0 saturated heterocycles. The smallest absolute Gasteiger partial charge is 0.309 e. The number of carbonyl (C=O) groups excluding carboxylic acids is 2. The predicted molar refractivity (Wildman–Crippen MR) is 90.2 cm³/mol. The molecule has 1 N–H and O–H groups in total. The quantitative estimate of drug-likeness (QED) is 0.728. The normalized spacial score (nSPS) is 10.1. The molecule has 2 aromatic carbocycles. The summed E-state index contributed by atoms with van der Waals surface area (Å²) in [6, 6.07) is 13.3. The first kappa shape index (κ1) is 17.9. The van der Waals surface area contributed by atoms with Gasteiger partial charge in [0.2, 0.25) is 0 Å². The maximum atomic E-state index is 13.6. The number of carbonyl (C=O) groups is 2. The molecule has 0 saturated carbocycles. The van der Waals surface area contributed by atoms with Gasteiger partial charge < -0.3 is 14.8 Å². The third-order valence-corrected chi connectivity index (χ3v) is 3.38. The summed E-state index contributed by atoms with van der Waals surface area (Å²) in [5.74, 6) is -1.13. The first-order valence-corrected chi connectivity index (χ1v) is 7.92. The minimum atomic E-state index is -0.617. The molecule has 0 spiro atoms. The molecule has 2 aromatic rings. The van der Waals surface area contributed by atoms with E-state index in [1.54, 1.807) is 18.2 Å². The van der Waals surface area contributed by atoms with Crippen LogP contribution in [0.2, 0.25) is 0 Å². The van der Waals surface area contributed by atoms with Crippen LogP contribution in [0.15, 0.2) is 53.0 Å². The van der Waals surface area contributed by atoms with Crippen molar-refractivity contribution in [3.63, 3.8) is 0 Å². The Morgan fingerprint density at radius 3 is 2.58 bits per heavy atom. The fourth-order valence-corrected chi connectivity index (χ4v) is 2.10. The van der Waals surface area contributed by atoms with E-state index in [0.29, 0.717) is 10.2 Å². The number of esters is 1. The van der Waals surface area contributed by atoms with Crippen LogP contribution in [0.1, 0.15) is 6.42 Å². The van der Waals surface area contributed by atoms with Crippen molar-refractivity contribution in [2.75, 3.05) is 18.5 Å².